The van der Waals surface area contributed by atoms with Crippen LogP contribution in [0.4, 0.5) is 4.79 Å². The summed E-state index contributed by atoms with van der Waals surface area (Å²) in [7, 11) is 0. The Hall–Kier alpha value is -2.05. The number of H-pyrrole nitrogens is 1. The van der Waals surface area contributed by atoms with Gasteiger partial charge in [0.05, 0.1) is 6.61 Å². The highest BCUT2D eigenvalue weighted by molar-refractivity contribution is 5.90. The van der Waals surface area contributed by atoms with Gasteiger partial charge in [-0.05, 0) is 69.3 Å². The number of fused-ring (bicyclic) bond motifs is 2. The number of aliphatic hydroxyl groups excluding tert-OH is 1. The molecule has 0 bridgehead atoms. The van der Waals surface area contributed by atoms with Crippen LogP contribution >= 0.6 is 0 Å². The van der Waals surface area contributed by atoms with Crippen LogP contribution in [0.5, 0.6) is 0 Å². The first-order chi connectivity index (χ1) is 14.5. The van der Waals surface area contributed by atoms with Crippen molar-refractivity contribution in [2.45, 2.75) is 71.6 Å². The van der Waals surface area contributed by atoms with Gasteiger partial charge in [-0.25, -0.2) is 4.79 Å². The van der Waals surface area contributed by atoms with Gasteiger partial charge in [0, 0.05) is 54.2 Å². The van der Waals surface area contributed by atoms with Crippen molar-refractivity contribution in [2.75, 3.05) is 26.2 Å². The van der Waals surface area contributed by atoms with Gasteiger partial charge in [-0.2, -0.15) is 0 Å². The van der Waals surface area contributed by atoms with E-state index in [9.17, 15) is 9.90 Å². The highest BCUT2D eigenvalue weighted by Gasteiger charge is 2.41. The summed E-state index contributed by atoms with van der Waals surface area (Å²) in [6.07, 6.45) is 3.11. The van der Waals surface area contributed by atoms with Crippen LogP contribution in [0.15, 0.2) is 12.1 Å². The van der Waals surface area contributed by atoms with E-state index in [2.05, 4.69) is 41.2 Å². The average molecular weight is 413 g/mol. The summed E-state index contributed by atoms with van der Waals surface area (Å²) < 4.78 is 0. The van der Waals surface area contributed by atoms with Crippen LogP contribution in [-0.2, 0) is 13.0 Å². The Kier molecular flexibility index (Phi) is 6.07. The van der Waals surface area contributed by atoms with E-state index in [0.29, 0.717) is 12.0 Å². The number of amides is 2. The fraction of sp³-hybridized carbons (Fsp3) is 0.625. The summed E-state index contributed by atoms with van der Waals surface area (Å²) in [5.41, 5.74) is 6.11. The molecule has 1 aliphatic carbocycles. The molecule has 1 aromatic heterocycles. The van der Waals surface area contributed by atoms with Crippen LogP contribution in [0, 0.1) is 6.92 Å². The van der Waals surface area contributed by atoms with Gasteiger partial charge in [0.2, 0.25) is 0 Å². The molecule has 1 unspecified atom stereocenters. The number of rotatable bonds is 6. The van der Waals surface area contributed by atoms with Crippen molar-refractivity contribution in [1.29, 1.82) is 0 Å². The number of aromatic nitrogens is 1. The van der Waals surface area contributed by atoms with Gasteiger partial charge in [-0.15, -0.1) is 0 Å². The lowest BCUT2D eigenvalue weighted by molar-refractivity contribution is 0.0978. The van der Waals surface area contributed by atoms with Crippen LogP contribution in [0.25, 0.3) is 10.9 Å². The number of carbonyl (C=O) groups is 1. The van der Waals surface area contributed by atoms with Crippen LogP contribution in [0.1, 0.15) is 61.9 Å². The van der Waals surface area contributed by atoms with Crippen LogP contribution in [0.3, 0.4) is 0 Å². The number of aryl methyl sites for hydroxylation is 1. The molecular formula is C24H36N4O2. The molecule has 1 saturated heterocycles. The maximum Gasteiger partial charge on any atom is 0.317 e. The minimum absolute atomic E-state index is 0.0446. The highest BCUT2D eigenvalue weighted by Crippen LogP contribution is 2.45. The Labute approximate surface area is 179 Å². The molecule has 1 aromatic carbocycles. The fourth-order valence-corrected chi connectivity index (χ4v) is 5.72. The fourth-order valence-electron chi connectivity index (χ4n) is 5.72. The second-order valence-corrected chi connectivity index (χ2v) is 8.92. The van der Waals surface area contributed by atoms with Crippen molar-refractivity contribution in [1.82, 2.24) is 20.1 Å². The number of benzene rings is 1. The number of aliphatic hydroxyl groups is 1. The van der Waals surface area contributed by atoms with Gasteiger partial charge < -0.3 is 20.3 Å². The van der Waals surface area contributed by atoms with E-state index in [1.807, 2.05) is 18.7 Å². The van der Waals surface area contributed by atoms with Crippen LogP contribution in [-0.4, -0.2) is 64.2 Å². The average Bonchev–Trinajstić information content (AvgIpc) is 3.05. The molecular weight excluding hydrogens is 376 g/mol. The van der Waals surface area contributed by atoms with E-state index in [4.69, 9.17) is 0 Å². The number of piperidine rings is 1. The number of hydrogen-bond donors (Lipinski definition) is 3. The first-order valence-corrected chi connectivity index (χ1v) is 11.5. The largest absolute Gasteiger partial charge is 0.392 e. The smallest absolute Gasteiger partial charge is 0.317 e. The molecule has 0 radical (unpaired) electrons. The second-order valence-electron chi connectivity index (χ2n) is 8.92. The number of nitrogens with zero attached hydrogens (tertiary/aromatic N) is 2. The molecule has 2 aliphatic rings. The number of urea groups is 1. The molecule has 6 heteroatoms. The predicted octanol–water partition coefficient (Wildman–Crippen LogP) is 3.51. The van der Waals surface area contributed by atoms with E-state index >= 15 is 0 Å². The van der Waals surface area contributed by atoms with Gasteiger partial charge in [-0.3, -0.25) is 4.90 Å². The second kappa shape index (κ2) is 8.60. The van der Waals surface area contributed by atoms with Gasteiger partial charge >= 0.3 is 6.03 Å². The standard InChI is InChI=1S/C24H36N4O2/c1-5-8-28-13-17(26-24(30)27(6-2)7-3)11-19-20-9-16(14-29)10-21-23(20)18(12-22(19)28)15(4)25-21/h9-10,17,19,22,25,29H,5-8,11-14H2,1-4H3,(H,26,30)/t17-,19?,22+/m0/s1. The molecule has 4 rings (SSSR count). The summed E-state index contributed by atoms with van der Waals surface area (Å²) in [6, 6.07) is 4.92. The zero-order valence-electron chi connectivity index (χ0n) is 18.8. The monoisotopic (exact) mass is 412 g/mol. The summed E-state index contributed by atoms with van der Waals surface area (Å²) in [6.45, 7) is 11.9. The van der Waals surface area contributed by atoms with E-state index < -0.39 is 0 Å². The summed E-state index contributed by atoms with van der Waals surface area (Å²) in [4.78, 5) is 20.8. The van der Waals surface area contributed by atoms with Crippen molar-refractivity contribution < 1.29 is 9.90 Å². The Morgan fingerprint density at radius 2 is 2.07 bits per heavy atom. The predicted molar refractivity (Wildman–Crippen MR) is 121 cm³/mol. The molecule has 3 atom stereocenters. The Morgan fingerprint density at radius 3 is 2.73 bits per heavy atom. The number of carbonyl (C=O) groups excluding carboxylic acids is 1. The molecule has 1 fully saturated rings. The topological polar surface area (TPSA) is 71.6 Å². The molecule has 1 aliphatic heterocycles. The summed E-state index contributed by atoms with van der Waals surface area (Å²) in [5, 5.41) is 14.5. The van der Waals surface area contributed by atoms with Crippen molar-refractivity contribution in [3.63, 3.8) is 0 Å². The van der Waals surface area contributed by atoms with E-state index in [-0.39, 0.29) is 18.7 Å². The van der Waals surface area contributed by atoms with E-state index in [1.165, 1.54) is 22.2 Å². The van der Waals surface area contributed by atoms with Gasteiger partial charge in [0.25, 0.3) is 0 Å². The van der Waals surface area contributed by atoms with Gasteiger partial charge in [-0.1, -0.05) is 13.0 Å². The Bertz CT molecular complexity index is 918. The molecule has 6 nitrogen and oxygen atoms in total. The molecule has 164 valence electrons. The zero-order chi connectivity index (χ0) is 21.4. The first-order valence-electron chi connectivity index (χ1n) is 11.5. The van der Waals surface area contributed by atoms with E-state index in [0.717, 1.165) is 56.5 Å². The van der Waals surface area contributed by atoms with Crippen molar-refractivity contribution in [3.8, 4) is 0 Å². The Balaban J connectivity index is 1.71. The molecule has 0 saturated carbocycles. The normalized spacial score (nSPS) is 23.4. The third-order valence-electron chi connectivity index (χ3n) is 7.12. The Morgan fingerprint density at radius 1 is 1.30 bits per heavy atom. The van der Waals surface area contributed by atoms with E-state index in [1.54, 1.807) is 0 Å². The lowest BCUT2D eigenvalue weighted by Gasteiger charge is -2.47. The van der Waals surface area contributed by atoms with Crippen LogP contribution < -0.4 is 5.32 Å². The molecule has 2 heterocycles. The molecule has 2 aromatic rings. The van der Waals surface area contributed by atoms with Crippen molar-refractivity contribution in [2.24, 2.45) is 0 Å². The maximum absolute atomic E-state index is 12.7. The molecule has 0 spiro atoms. The first kappa shape index (κ1) is 21.2. The van der Waals surface area contributed by atoms with Crippen molar-refractivity contribution in [3.05, 3.63) is 34.5 Å². The SMILES string of the molecule is CCCN1C[C@@H](NC(=O)N(CC)CC)CC2c3cc(CO)cc4[nH]c(C)c(c34)C[C@H]21. The highest BCUT2D eigenvalue weighted by atomic mass is 16.3. The van der Waals surface area contributed by atoms with Gasteiger partial charge in [0.15, 0.2) is 0 Å². The number of nitrogens with one attached hydrogen (secondary N) is 2. The lowest BCUT2D eigenvalue weighted by Crippen LogP contribution is -2.58. The number of likely N-dealkylation sites (tertiary alicyclic amines) is 1. The maximum atomic E-state index is 12.7. The molecule has 3 N–H and O–H groups in total. The summed E-state index contributed by atoms with van der Waals surface area (Å²) >= 11 is 0. The lowest BCUT2D eigenvalue weighted by atomic mass is 9.73. The molecule has 30 heavy (non-hydrogen) atoms. The molecule has 2 amide bonds. The third-order valence-corrected chi connectivity index (χ3v) is 7.12. The number of hydrogen-bond acceptors (Lipinski definition) is 3. The zero-order valence-corrected chi connectivity index (χ0v) is 18.8. The summed E-state index contributed by atoms with van der Waals surface area (Å²) in [5.74, 6) is 0.365. The quantitative estimate of drug-likeness (QED) is 0.680. The minimum Gasteiger partial charge on any atom is -0.392 e. The van der Waals surface area contributed by atoms with Gasteiger partial charge in [0.1, 0.15) is 0 Å². The van der Waals surface area contributed by atoms with Crippen LogP contribution in [0.2, 0.25) is 0 Å². The van der Waals surface area contributed by atoms with Crippen molar-refractivity contribution >= 4 is 16.9 Å². The number of aromatic amines is 1. The third kappa shape index (κ3) is 3.60. The minimum atomic E-state index is 0.0446.